The van der Waals surface area contributed by atoms with Gasteiger partial charge in [-0.05, 0) is 19.4 Å². The maximum absolute atomic E-state index is 5.47. The van der Waals surface area contributed by atoms with E-state index in [0.717, 1.165) is 26.3 Å². The van der Waals surface area contributed by atoms with Crippen LogP contribution in [-0.4, -0.2) is 50.8 Å². The maximum Gasteiger partial charge on any atom is 0.0593 e. The molecule has 1 heterocycles. The third kappa shape index (κ3) is 3.56. The summed E-state index contributed by atoms with van der Waals surface area (Å²) in [7, 11) is 2.03. The molecule has 1 fully saturated rings. The van der Waals surface area contributed by atoms with E-state index in [1.165, 1.54) is 13.0 Å². The molecule has 0 aromatic heterocycles. The summed E-state index contributed by atoms with van der Waals surface area (Å²) in [5.74, 6) is 0.709. The minimum absolute atomic E-state index is 0.654. The van der Waals surface area contributed by atoms with Gasteiger partial charge in [-0.25, -0.2) is 0 Å². The van der Waals surface area contributed by atoms with Crippen LogP contribution >= 0.6 is 0 Å². The summed E-state index contributed by atoms with van der Waals surface area (Å²) in [6, 6.07) is 0.654. The van der Waals surface area contributed by atoms with Gasteiger partial charge in [-0.2, -0.15) is 0 Å². The largest absolute Gasteiger partial charge is 0.380 e. The van der Waals surface area contributed by atoms with Gasteiger partial charge in [0, 0.05) is 32.3 Å². The van der Waals surface area contributed by atoms with Crippen LogP contribution in [0, 0.1) is 5.92 Å². The Morgan fingerprint density at radius 3 is 2.71 bits per heavy atom. The lowest BCUT2D eigenvalue weighted by molar-refractivity contribution is 0.119. The van der Waals surface area contributed by atoms with Gasteiger partial charge in [0.25, 0.3) is 0 Å². The zero-order chi connectivity index (χ0) is 10.4. The smallest absolute Gasteiger partial charge is 0.0593 e. The third-order valence-electron chi connectivity index (χ3n) is 2.91. The highest BCUT2D eigenvalue weighted by atomic mass is 16.5. The molecule has 1 aliphatic rings. The van der Waals surface area contributed by atoms with Gasteiger partial charge in [0.2, 0.25) is 0 Å². The van der Waals surface area contributed by atoms with Crippen molar-refractivity contribution >= 4 is 0 Å². The molecular formula is C11H24N2O. The Morgan fingerprint density at radius 2 is 2.07 bits per heavy atom. The Hall–Kier alpha value is -0.120. The molecule has 0 bridgehead atoms. The molecule has 0 radical (unpaired) electrons. The lowest BCUT2D eigenvalue weighted by Gasteiger charge is -2.33. The number of ether oxygens (including phenoxy) is 1. The number of nitrogens with zero attached hydrogens (tertiary/aromatic N) is 1. The molecule has 0 spiro atoms. The predicted molar refractivity (Wildman–Crippen MR) is 59.6 cm³/mol. The topological polar surface area (TPSA) is 24.5 Å². The number of hydrogen-bond donors (Lipinski definition) is 1. The number of nitrogens with one attached hydrogen (secondary N) is 1. The standard InChI is InChI=1S/C11H24N2O/c1-10(2)11(9-12-3)13-5-4-7-14-8-6-13/h10-12H,4-9H2,1-3H3. The number of likely N-dealkylation sites (N-methyl/N-ethyl adjacent to an activating group) is 1. The maximum atomic E-state index is 5.47. The van der Waals surface area contributed by atoms with Crippen LogP contribution in [0.4, 0.5) is 0 Å². The Balaban J connectivity index is 2.46. The second-order valence-corrected chi connectivity index (χ2v) is 4.37. The molecule has 14 heavy (non-hydrogen) atoms. The fourth-order valence-corrected chi connectivity index (χ4v) is 2.09. The van der Waals surface area contributed by atoms with Crippen LogP contribution in [0.1, 0.15) is 20.3 Å². The normalized spacial score (nSPS) is 22.3. The summed E-state index contributed by atoms with van der Waals surface area (Å²) in [5, 5.41) is 3.28. The summed E-state index contributed by atoms with van der Waals surface area (Å²) in [4.78, 5) is 2.56. The van der Waals surface area contributed by atoms with Gasteiger partial charge in [0.1, 0.15) is 0 Å². The zero-order valence-electron chi connectivity index (χ0n) is 9.75. The van der Waals surface area contributed by atoms with Crippen molar-refractivity contribution in [1.82, 2.24) is 10.2 Å². The van der Waals surface area contributed by atoms with Gasteiger partial charge >= 0.3 is 0 Å². The van der Waals surface area contributed by atoms with Gasteiger partial charge in [-0.1, -0.05) is 13.8 Å². The van der Waals surface area contributed by atoms with E-state index in [0.29, 0.717) is 12.0 Å². The van der Waals surface area contributed by atoms with Crippen molar-refractivity contribution in [1.29, 1.82) is 0 Å². The molecule has 3 heteroatoms. The number of rotatable bonds is 4. The summed E-state index contributed by atoms with van der Waals surface area (Å²) >= 11 is 0. The van der Waals surface area contributed by atoms with E-state index in [9.17, 15) is 0 Å². The first-order valence-electron chi connectivity index (χ1n) is 5.72. The van der Waals surface area contributed by atoms with Crippen LogP contribution in [-0.2, 0) is 4.74 Å². The first kappa shape index (κ1) is 12.0. The lowest BCUT2D eigenvalue weighted by Crippen LogP contribution is -2.46. The summed E-state index contributed by atoms with van der Waals surface area (Å²) in [5.41, 5.74) is 0. The van der Waals surface area contributed by atoms with Crippen molar-refractivity contribution in [2.45, 2.75) is 26.3 Å². The van der Waals surface area contributed by atoms with Crippen LogP contribution in [0.15, 0.2) is 0 Å². The molecule has 0 saturated carbocycles. The Kier molecular flexibility index (Phi) is 5.45. The van der Waals surface area contributed by atoms with E-state index in [2.05, 4.69) is 24.1 Å². The predicted octanol–water partition coefficient (Wildman–Crippen LogP) is 0.953. The lowest BCUT2D eigenvalue weighted by atomic mass is 10.0. The average molecular weight is 200 g/mol. The van der Waals surface area contributed by atoms with Crippen LogP contribution in [0.3, 0.4) is 0 Å². The summed E-state index contributed by atoms with van der Waals surface area (Å²) < 4.78 is 5.47. The molecule has 1 aliphatic heterocycles. The Labute approximate surface area is 87.8 Å². The van der Waals surface area contributed by atoms with Crippen molar-refractivity contribution in [3.63, 3.8) is 0 Å². The zero-order valence-corrected chi connectivity index (χ0v) is 9.75. The van der Waals surface area contributed by atoms with Crippen molar-refractivity contribution < 1.29 is 4.74 Å². The van der Waals surface area contributed by atoms with E-state index >= 15 is 0 Å². The van der Waals surface area contributed by atoms with Gasteiger partial charge in [-0.3, -0.25) is 4.90 Å². The second kappa shape index (κ2) is 6.38. The van der Waals surface area contributed by atoms with Gasteiger partial charge in [0.15, 0.2) is 0 Å². The fraction of sp³-hybridized carbons (Fsp3) is 1.00. The van der Waals surface area contributed by atoms with Crippen molar-refractivity contribution in [3.8, 4) is 0 Å². The molecule has 1 unspecified atom stereocenters. The average Bonchev–Trinajstić information content (AvgIpc) is 2.41. The summed E-state index contributed by atoms with van der Waals surface area (Å²) in [6.45, 7) is 9.78. The minimum atomic E-state index is 0.654. The monoisotopic (exact) mass is 200 g/mol. The first-order valence-corrected chi connectivity index (χ1v) is 5.72. The second-order valence-electron chi connectivity index (χ2n) is 4.37. The molecular weight excluding hydrogens is 176 g/mol. The number of hydrogen-bond acceptors (Lipinski definition) is 3. The molecule has 1 atom stereocenters. The highest BCUT2D eigenvalue weighted by Crippen LogP contribution is 2.12. The molecule has 3 nitrogen and oxygen atoms in total. The highest BCUT2D eigenvalue weighted by molar-refractivity contribution is 4.77. The molecule has 1 rings (SSSR count). The van der Waals surface area contributed by atoms with Gasteiger partial charge in [-0.15, -0.1) is 0 Å². The Morgan fingerprint density at radius 1 is 1.29 bits per heavy atom. The van der Waals surface area contributed by atoms with Crippen molar-refractivity contribution in [3.05, 3.63) is 0 Å². The molecule has 0 amide bonds. The van der Waals surface area contributed by atoms with Crippen LogP contribution in [0.25, 0.3) is 0 Å². The SMILES string of the molecule is CNCC(C(C)C)N1CCCOCC1. The first-order chi connectivity index (χ1) is 6.75. The molecule has 0 aliphatic carbocycles. The van der Waals surface area contributed by atoms with E-state index in [4.69, 9.17) is 4.74 Å². The van der Waals surface area contributed by atoms with Crippen LogP contribution in [0.5, 0.6) is 0 Å². The van der Waals surface area contributed by atoms with E-state index in [1.807, 2.05) is 7.05 Å². The van der Waals surface area contributed by atoms with E-state index in [-0.39, 0.29) is 0 Å². The fourth-order valence-electron chi connectivity index (χ4n) is 2.09. The minimum Gasteiger partial charge on any atom is -0.380 e. The summed E-state index contributed by atoms with van der Waals surface area (Å²) in [6.07, 6.45) is 1.17. The molecule has 1 saturated heterocycles. The van der Waals surface area contributed by atoms with E-state index in [1.54, 1.807) is 0 Å². The quantitative estimate of drug-likeness (QED) is 0.731. The van der Waals surface area contributed by atoms with Crippen LogP contribution < -0.4 is 5.32 Å². The van der Waals surface area contributed by atoms with E-state index < -0.39 is 0 Å². The van der Waals surface area contributed by atoms with Crippen molar-refractivity contribution in [2.24, 2.45) is 5.92 Å². The molecule has 1 N–H and O–H groups in total. The van der Waals surface area contributed by atoms with Crippen LogP contribution in [0.2, 0.25) is 0 Å². The Bertz CT molecular complexity index is 142. The van der Waals surface area contributed by atoms with Gasteiger partial charge in [0.05, 0.1) is 6.61 Å². The third-order valence-corrected chi connectivity index (χ3v) is 2.91. The molecule has 84 valence electrons. The van der Waals surface area contributed by atoms with Crippen molar-refractivity contribution in [2.75, 3.05) is 39.9 Å². The van der Waals surface area contributed by atoms with Gasteiger partial charge < -0.3 is 10.1 Å². The molecule has 0 aromatic carbocycles. The molecule has 0 aromatic rings. The highest BCUT2D eigenvalue weighted by Gasteiger charge is 2.21.